The van der Waals surface area contributed by atoms with Crippen LogP contribution in [-0.4, -0.2) is 47.2 Å². The molecule has 4 rings (SSSR count). The number of aromatic amines is 1. The average Bonchev–Trinajstić information content (AvgIpc) is 3.06. The molecule has 28 heavy (non-hydrogen) atoms. The Hall–Kier alpha value is -2.86. The maximum atomic E-state index is 13.1. The van der Waals surface area contributed by atoms with E-state index in [9.17, 15) is 9.18 Å². The molecule has 0 radical (unpaired) electrons. The molecule has 1 aliphatic rings. The third-order valence-electron chi connectivity index (χ3n) is 4.90. The van der Waals surface area contributed by atoms with Crippen LogP contribution in [0.3, 0.4) is 0 Å². The second-order valence-electron chi connectivity index (χ2n) is 6.79. The monoisotopic (exact) mass is 398 g/mol. The maximum Gasteiger partial charge on any atom is 0.253 e. The molecule has 3 aromatic rings. The molecule has 1 amide bonds. The lowest BCUT2D eigenvalue weighted by molar-refractivity contribution is 0.0767. The number of nitrogens with zero attached hydrogens (tertiary/aromatic N) is 3. The van der Waals surface area contributed by atoms with Gasteiger partial charge in [0.2, 0.25) is 0 Å². The number of aromatic nitrogens is 2. The van der Waals surface area contributed by atoms with E-state index in [1.54, 1.807) is 36.4 Å². The first kappa shape index (κ1) is 18.5. The summed E-state index contributed by atoms with van der Waals surface area (Å²) in [7, 11) is 0. The lowest BCUT2D eigenvalue weighted by atomic mass is 10.1. The summed E-state index contributed by atoms with van der Waals surface area (Å²) in [6.45, 7) is 2.81. The van der Waals surface area contributed by atoms with Gasteiger partial charge >= 0.3 is 0 Å². The van der Waals surface area contributed by atoms with Crippen molar-refractivity contribution in [1.29, 1.82) is 0 Å². The molecule has 1 saturated heterocycles. The predicted molar refractivity (Wildman–Crippen MR) is 108 cm³/mol. The Morgan fingerprint density at radius 3 is 2.64 bits per heavy atom. The standard InChI is InChI=1S/C21H20ClFN4O/c22-17-4-1-3-16(13-17)21(28)27-10-2-9-26(11-12-27)20-14-19(24-25-20)15-5-7-18(23)8-6-15/h1,3-8,13-14H,2,9-12H2,(H,24,25). The predicted octanol–water partition coefficient (Wildman–Crippen LogP) is 4.22. The van der Waals surface area contributed by atoms with Gasteiger partial charge < -0.3 is 9.80 Å². The number of nitrogens with one attached hydrogen (secondary N) is 1. The summed E-state index contributed by atoms with van der Waals surface area (Å²) in [5.74, 6) is 0.565. The van der Waals surface area contributed by atoms with Gasteiger partial charge in [0.05, 0.1) is 5.69 Å². The van der Waals surface area contributed by atoms with Gasteiger partial charge in [0.15, 0.2) is 5.82 Å². The summed E-state index contributed by atoms with van der Waals surface area (Å²) in [5, 5.41) is 7.98. The van der Waals surface area contributed by atoms with Gasteiger partial charge in [-0.05, 0) is 54.4 Å². The molecule has 0 atom stereocenters. The third-order valence-corrected chi connectivity index (χ3v) is 5.13. The largest absolute Gasteiger partial charge is 0.353 e. The lowest BCUT2D eigenvalue weighted by Gasteiger charge is -2.22. The van der Waals surface area contributed by atoms with E-state index in [0.29, 0.717) is 30.2 Å². The fourth-order valence-corrected chi connectivity index (χ4v) is 3.59. The normalized spacial score (nSPS) is 14.8. The van der Waals surface area contributed by atoms with Crippen molar-refractivity contribution in [3.63, 3.8) is 0 Å². The average molecular weight is 399 g/mol. The van der Waals surface area contributed by atoms with Crippen LogP contribution in [-0.2, 0) is 0 Å². The zero-order chi connectivity index (χ0) is 19.5. The molecule has 1 aliphatic heterocycles. The second kappa shape index (κ2) is 8.02. The topological polar surface area (TPSA) is 52.2 Å². The SMILES string of the molecule is O=C(c1cccc(Cl)c1)N1CCCN(c2cc(-c3ccc(F)cc3)[nH]n2)CC1. The highest BCUT2D eigenvalue weighted by Gasteiger charge is 2.22. The van der Waals surface area contributed by atoms with Crippen LogP contribution >= 0.6 is 11.6 Å². The maximum absolute atomic E-state index is 13.1. The molecule has 0 unspecified atom stereocenters. The minimum absolute atomic E-state index is 0.00150. The molecule has 1 fully saturated rings. The summed E-state index contributed by atoms with van der Waals surface area (Å²) in [6, 6.07) is 15.3. The van der Waals surface area contributed by atoms with Gasteiger partial charge in [0, 0.05) is 42.8 Å². The number of carbonyl (C=O) groups is 1. The molecule has 0 saturated carbocycles. The van der Waals surface area contributed by atoms with Crippen LogP contribution in [0.25, 0.3) is 11.3 Å². The smallest absolute Gasteiger partial charge is 0.253 e. The Labute approximate surface area is 167 Å². The fourth-order valence-electron chi connectivity index (χ4n) is 3.40. The number of H-pyrrole nitrogens is 1. The van der Waals surface area contributed by atoms with E-state index in [1.165, 1.54) is 12.1 Å². The molecule has 1 aromatic heterocycles. The minimum Gasteiger partial charge on any atom is -0.353 e. The van der Waals surface area contributed by atoms with Crippen LogP contribution in [0.5, 0.6) is 0 Å². The molecule has 2 heterocycles. The number of carbonyl (C=O) groups excluding carboxylic acids is 1. The van der Waals surface area contributed by atoms with Gasteiger partial charge in [-0.2, -0.15) is 5.10 Å². The van der Waals surface area contributed by atoms with Crippen molar-refractivity contribution in [3.8, 4) is 11.3 Å². The Kier molecular flexibility index (Phi) is 5.30. The second-order valence-corrected chi connectivity index (χ2v) is 7.23. The number of hydrogen-bond acceptors (Lipinski definition) is 3. The van der Waals surface area contributed by atoms with Crippen LogP contribution in [0, 0.1) is 5.82 Å². The molecule has 0 bridgehead atoms. The highest BCUT2D eigenvalue weighted by atomic mass is 35.5. The van der Waals surface area contributed by atoms with Gasteiger partial charge in [0.25, 0.3) is 5.91 Å². The summed E-state index contributed by atoms with van der Waals surface area (Å²) in [6.07, 6.45) is 0.852. The summed E-state index contributed by atoms with van der Waals surface area (Å²) in [5.41, 5.74) is 2.33. The molecule has 0 spiro atoms. The van der Waals surface area contributed by atoms with Gasteiger partial charge in [-0.1, -0.05) is 17.7 Å². The highest BCUT2D eigenvalue weighted by Crippen LogP contribution is 2.23. The zero-order valence-electron chi connectivity index (χ0n) is 15.2. The molecule has 144 valence electrons. The first-order valence-corrected chi connectivity index (χ1v) is 9.59. The number of benzene rings is 2. The number of halogens is 2. The first-order chi connectivity index (χ1) is 13.6. The van der Waals surface area contributed by atoms with Crippen molar-refractivity contribution in [2.75, 3.05) is 31.1 Å². The van der Waals surface area contributed by atoms with Gasteiger partial charge in [-0.3, -0.25) is 9.89 Å². The zero-order valence-corrected chi connectivity index (χ0v) is 16.0. The van der Waals surface area contributed by atoms with Crippen molar-refractivity contribution < 1.29 is 9.18 Å². The van der Waals surface area contributed by atoms with E-state index in [1.807, 2.05) is 11.0 Å². The van der Waals surface area contributed by atoms with Crippen LogP contribution in [0.15, 0.2) is 54.6 Å². The number of hydrogen-bond donors (Lipinski definition) is 1. The van der Waals surface area contributed by atoms with E-state index in [0.717, 1.165) is 30.0 Å². The van der Waals surface area contributed by atoms with Crippen LogP contribution < -0.4 is 4.90 Å². The molecule has 5 nitrogen and oxygen atoms in total. The van der Waals surface area contributed by atoms with Crippen LogP contribution in [0.4, 0.5) is 10.2 Å². The summed E-state index contributed by atoms with van der Waals surface area (Å²) < 4.78 is 13.1. The van der Waals surface area contributed by atoms with Gasteiger partial charge in [-0.25, -0.2) is 4.39 Å². The quantitative estimate of drug-likeness (QED) is 0.718. The van der Waals surface area contributed by atoms with Crippen molar-refractivity contribution >= 4 is 23.3 Å². The Morgan fingerprint density at radius 2 is 1.86 bits per heavy atom. The van der Waals surface area contributed by atoms with Crippen molar-refractivity contribution in [2.24, 2.45) is 0 Å². The molecule has 1 N–H and O–H groups in total. The lowest BCUT2D eigenvalue weighted by Crippen LogP contribution is -2.35. The Bertz CT molecular complexity index is 973. The molecule has 0 aliphatic carbocycles. The third kappa shape index (κ3) is 4.02. The number of rotatable bonds is 3. The molecule has 7 heteroatoms. The molecule has 2 aromatic carbocycles. The van der Waals surface area contributed by atoms with Gasteiger partial charge in [0.1, 0.15) is 5.82 Å². The number of amides is 1. The summed E-state index contributed by atoms with van der Waals surface area (Å²) in [4.78, 5) is 16.8. The Balaban J connectivity index is 1.44. The number of anilines is 1. The van der Waals surface area contributed by atoms with Crippen molar-refractivity contribution in [1.82, 2.24) is 15.1 Å². The van der Waals surface area contributed by atoms with E-state index in [-0.39, 0.29) is 11.7 Å². The van der Waals surface area contributed by atoms with E-state index < -0.39 is 0 Å². The van der Waals surface area contributed by atoms with Crippen LogP contribution in [0.2, 0.25) is 5.02 Å². The van der Waals surface area contributed by atoms with Crippen LogP contribution in [0.1, 0.15) is 16.8 Å². The van der Waals surface area contributed by atoms with E-state index in [4.69, 9.17) is 11.6 Å². The first-order valence-electron chi connectivity index (χ1n) is 9.21. The Morgan fingerprint density at radius 1 is 1.04 bits per heavy atom. The fraction of sp³-hybridized carbons (Fsp3) is 0.238. The summed E-state index contributed by atoms with van der Waals surface area (Å²) >= 11 is 6.01. The van der Waals surface area contributed by atoms with Crippen molar-refractivity contribution in [2.45, 2.75) is 6.42 Å². The minimum atomic E-state index is -0.263. The van der Waals surface area contributed by atoms with E-state index >= 15 is 0 Å². The van der Waals surface area contributed by atoms with E-state index in [2.05, 4.69) is 15.1 Å². The highest BCUT2D eigenvalue weighted by molar-refractivity contribution is 6.30. The van der Waals surface area contributed by atoms with Gasteiger partial charge in [-0.15, -0.1) is 0 Å². The van der Waals surface area contributed by atoms with Crippen molar-refractivity contribution in [3.05, 3.63) is 71.0 Å². The molecular weight excluding hydrogens is 379 g/mol. The molecular formula is C21H20ClFN4O.